The van der Waals surface area contributed by atoms with Gasteiger partial charge in [-0.2, -0.15) is 8.78 Å². The molecule has 30 heavy (non-hydrogen) atoms. The van der Waals surface area contributed by atoms with E-state index in [0.717, 1.165) is 50.7 Å². The number of carbonyl (C=O) groups is 1. The molecule has 0 unspecified atom stereocenters. The van der Waals surface area contributed by atoms with Crippen molar-refractivity contribution >= 4 is 6.29 Å². The third-order valence-corrected chi connectivity index (χ3v) is 6.98. The first-order chi connectivity index (χ1) is 14.6. The molecule has 0 bridgehead atoms. The zero-order valence-electron chi connectivity index (χ0n) is 18.2. The molecule has 0 radical (unpaired) electrons. The van der Waals surface area contributed by atoms with Crippen molar-refractivity contribution in [2.24, 2.45) is 23.7 Å². The molecule has 2 fully saturated rings. The van der Waals surface area contributed by atoms with E-state index < -0.39 is 11.6 Å². The first kappa shape index (κ1) is 23.0. The van der Waals surface area contributed by atoms with Gasteiger partial charge in [-0.25, -0.2) is 0 Å². The van der Waals surface area contributed by atoms with E-state index in [1.54, 1.807) is 0 Å². The minimum Gasteiger partial charge on any atom is -0.490 e. The van der Waals surface area contributed by atoms with E-state index in [4.69, 9.17) is 9.47 Å². The number of benzene rings is 1. The Hall–Kier alpha value is -1.65. The van der Waals surface area contributed by atoms with Gasteiger partial charge in [-0.05, 0) is 68.4 Å². The SMILES string of the molecule is CCCCC1CCC(COc2ccc(OCC3CCC(C=O)CC3)c(F)c2F)CC1. The summed E-state index contributed by atoms with van der Waals surface area (Å²) < 4.78 is 40.1. The smallest absolute Gasteiger partial charge is 0.204 e. The van der Waals surface area contributed by atoms with Crippen LogP contribution in [0, 0.1) is 35.3 Å². The second kappa shape index (κ2) is 11.7. The Kier molecular flexibility index (Phi) is 8.95. The van der Waals surface area contributed by atoms with Crippen molar-refractivity contribution in [1.82, 2.24) is 0 Å². The van der Waals surface area contributed by atoms with E-state index in [1.165, 1.54) is 44.2 Å². The van der Waals surface area contributed by atoms with Gasteiger partial charge >= 0.3 is 0 Å². The Labute approximate surface area is 179 Å². The molecule has 1 aromatic carbocycles. The molecule has 5 heteroatoms. The van der Waals surface area contributed by atoms with Gasteiger partial charge in [0.1, 0.15) is 6.29 Å². The fourth-order valence-electron chi connectivity index (χ4n) is 4.82. The molecule has 1 aromatic rings. The second-order valence-corrected chi connectivity index (χ2v) is 9.26. The molecule has 0 N–H and O–H groups in total. The van der Waals surface area contributed by atoms with Crippen molar-refractivity contribution in [1.29, 1.82) is 0 Å². The molecule has 3 nitrogen and oxygen atoms in total. The molecule has 2 aliphatic carbocycles. The van der Waals surface area contributed by atoms with Crippen molar-refractivity contribution in [3.63, 3.8) is 0 Å². The topological polar surface area (TPSA) is 35.5 Å². The van der Waals surface area contributed by atoms with Crippen LogP contribution in [0.5, 0.6) is 11.5 Å². The number of carbonyl (C=O) groups excluding carboxylic acids is 1. The van der Waals surface area contributed by atoms with Crippen molar-refractivity contribution in [3.05, 3.63) is 23.8 Å². The minimum absolute atomic E-state index is 0.0283. The van der Waals surface area contributed by atoms with Crippen molar-refractivity contribution in [2.45, 2.75) is 77.6 Å². The summed E-state index contributed by atoms with van der Waals surface area (Å²) in [5.41, 5.74) is 0. The summed E-state index contributed by atoms with van der Waals surface area (Å²) in [4.78, 5) is 10.8. The summed E-state index contributed by atoms with van der Waals surface area (Å²) in [6, 6.07) is 2.94. The first-order valence-corrected chi connectivity index (χ1v) is 11.8. The summed E-state index contributed by atoms with van der Waals surface area (Å²) >= 11 is 0. The zero-order valence-corrected chi connectivity index (χ0v) is 18.2. The zero-order chi connectivity index (χ0) is 21.3. The number of hydrogen-bond acceptors (Lipinski definition) is 3. The molecule has 0 aromatic heterocycles. The van der Waals surface area contributed by atoms with Gasteiger partial charge in [0.25, 0.3) is 0 Å². The minimum atomic E-state index is -0.975. The quantitative estimate of drug-likeness (QED) is 0.392. The normalized spacial score (nSPS) is 26.9. The van der Waals surface area contributed by atoms with E-state index >= 15 is 0 Å². The van der Waals surface area contributed by atoms with Crippen molar-refractivity contribution < 1.29 is 23.0 Å². The lowest BCUT2D eigenvalue weighted by Gasteiger charge is -2.28. The molecule has 2 aliphatic rings. The van der Waals surface area contributed by atoms with Crippen LogP contribution in [0.1, 0.15) is 77.6 Å². The van der Waals surface area contributed by atoms with Gasteiger partial charge in [-0.1, -0.05) is 39.0 Å². The molecular weight excluding hydrogens is 386 g/mol. The molecular formula is C25H36F2O3. The fourth-order valence-corrected chi connectivity index (χ4v) is 4.82. The molecule has 0 saturated heterocycles. The van der Waals surface area contributed by atoms with Crippen LogP contribution < -0.4 is 9.47 Å². The third kappa shape index (κ3) is 6.42. The molecule has 168 valence electrons. The highest BCUT2D eigenvalue weighted by Crippen LogP contribution is 2.34. The van der Waals surface area contributed by atoms with E-state index in [9.17, 15) is 13.6 Å². The average Bonchev–Trinajstić information content (AvgIpc) is 2.79. The van der Waals surface area contributed by atoms with Gasteiger partial charge in [-0.15, -0.1) is 0 Å². The summed E-state index contributed by atoms with van der Waals surface area (Å²) in [6.45, 7) is 3.02. The Morgan fingerprint density at radius 3 is 1.77 bits per heavy atom. The molecule has 3 rings (SSSR count). The van der Waals surface area contributed by atoms with Gasteiger partial charge in [0, 0.05) is 5.92 Å². The second-order valence-electron chi connectivity index (χ2n) is 9.26. The number of ether oxygens (including phenoxy) is 2. The van der Waals surface area contributed by atoms with Gasteiger partial charge in [0.15, 0.2) is 11.5 Å². The average molecular weight is 423 g/mol. The Bertz CT molecular complexity index is 663. The molecule has 0 amide bonds. The number of rotatable bonds is 10. The largest absolute Gasteiger partial charge is 0.490 e. The lowest BCUT2D eigenvalue weighted by atomic mass is 9.80. The highest BCUT2D eigenvalue weighted by atomic mass is 19.2. The van der Waals surface area contributed by atoms with Crippen LogP contribution in [0.15, 0.2) is 12.1 Å². The van der Waals surface area contributed by atoms with Crippen LogP contribution >= 0.6 is 0 Å². The highest BCUT2D eigenvalue weighted by Gasteiger charge is 2.24. The van der Waals surface area contributed by atoms with Crippen LogP contribution in [-0.2, 0) is 4.79 Å². The first-order valence-electron chi connectivity index (χ1n) is 11.8. The summed E-state index contributed by atoms with van der Waals surface area (Å²) in [5.74, 6) is -0.368. The summed E-state index contributed by atoms with van der Waals surface area (Å²) in [6.07, 6.45) is 13.0. The Balaban J connectivity index is 1.44. The summed E-state index contributed by atoms with van der Waals surface area (Å²) in [5, 5.41) is 0. The monoisotopic (exact) mass is 422 g/mol. The maximum absolute atomic E-state index is 14.5. The molecule has 0 aliphatic heterocycles. The maximum Gasteiger partial charge on any atom is 0.204 e. The maximum atomic E-state index is 14.5. The van der Waals surface area contributed by atoms with Crippen molar-refractivity contribution in [3.8, 4) is 11.5 Å². The van der Waals surface area contributed by atoms with Crippen LogP contribution in [-0.4, -0.2) is 19.5 Å². The predicted octanol–water partition coefficient (Wildman–Crippen LogP) is 6.72. The van der Waals surface area contributed by atoms with Crippen LogP contribution in [0.3, 0.4) is 0 Å². The molecule has 0 spiro atoms. The van der Waals surface area contributed by atoms with E-state index in [1.807, 2.05) is 0 Å². The highest BCUT2D eigenvalue weighted by molar-refractivity contribution is 5.53. The lowest BCUT2D eigenvalue weighted by molar-refractivity contribution is -0.112. The van der Waals surface area contributed by atoms with E-state index in [-0.39, 0.29) is 23.3 Å². The number of aldehydes is 1. The lowest BCUT2D eigenvalue weighted by Crippen LogP contribution is -2.21. The molecule has 0 heterocycles. The van der Waals surface area contributed by atoms with Crippen molar-refractivity contribution in [2.75, 3.05) is 13.2 Å². The van der Waals surface area contributed by atoms with Crippen LogP contribution in [0.4, 0.5) is 8.78 Å². The van der Waals surface area contributed by atoms with Crippen LogP contribution in [0.25, 0.3) is 0 Å². The third-order valence-electron chi connectivity index (χ3n) is 6.98. The van der Waals surface area contributed by atoms with E-state index in [0.29, 0.717) is 19.1 Å². The molecule has 2 saturated carbocycles. The number of halogens is 2. The number of hydrogen-bond donors (Lipinski definition) is 0. The van der Waals surface area contributed by atoms with Crippen LogP contribution in [0.2, 0.25) is 0 Å². The van der Waals surface area contributed by atoms with Gasteiger partial charge < -0.3 is 14.3 Å². The number of unbranched alkanes of at least 4 members (excludes halogenated alkanes) is 1. The van der Waals surface area contributed by atoms with E-state index in [2.05, 4.69) is 6.92 Å². The van der Waals surface area contributed by atoms with Gasteiger partial charge in [0.05, 0.1) is 13.2 Å². The standard InChI is InChI=1S/C25H36F2O3/c1-2-3-4-18-5-9-20(10-6-18)16-29-22-13-14-23(25(27)24(22)26)30-17-21-11-7-19(15-28)8-12-21/h13-15,18-21H,2-12,16-17H2,1H3. The van der Waals surface area contributed by atoms with Gasteiger partial charge in [-0.3, -0.25) is 0 Å². The fraction of sp³-hybridized carbons (Fsp3) is 0.720. The Morgan fingerprint density at radius 2 is 1.30 bits per heavy atom. The summed E-state index contributed by atoms with van der Waals surface area (Å²) in [7, 11) is 0. The predicted molar refractivity (Wildman–Crippen MR) is 114 cm³/mol. The molecule has 0 atom stereocenters. The Morgan fingerprint density at radius 1 is 0.833 bits per heavy atom. The van der Waals surface area contributed by atoms with Gasteiger partial charge in [0.2, 0.25) is 11.6 Å².